The third kappa shape index (κ3) is 4.55. The molecule has 4 aromatic rings. The summed E-state index contributed by atoms with van der Waals surface area (Å²) in [5, 5.41) is 13.8. The number of aromatic nitrogens is 1. The van der Waals surface area contributed by atoms with Crippen molar-refractivity contribution in [2.24, 2.45) is 0 Å². The van der Waals surface area contributed by atoms with Gasteiger partial charge in [-0.1, -0.05) is 11.3 Å². The Labute approximate surface area is 184 Å². The summed E-state index contributed by atoms with van der Waals surface area (Å²) >= 11 is 1.10. The van der Waals surface area contributed by atoms with Crippen LogP contribution in [0.5, 0.6) is 0 Å². The Kier molecular flexibility index (Phi) is 5.55. The molecule has 0 atom stereocenters. The number of sulfonamides is 1. The van der Waals surface area contributed by atoms with Crippen LogP contribution in [0.25, 0.3) is 10.2 Å². The molecule has 0 fully saturated rings. The van der Waals surface area contributed by atoms with Crippen molar-refractivity contribution < 1.29 is 22.5 Å². The van der Waals surface area contributed by atoms with Crippen molar-refractivity contribution in [1.82, 2.24) is 4.98 Å². The summed E-state index contributed by atoms with van der Waals surface area (Å²) in [5.41, 5.74) is 0.914. The standard InChI is InChI=1S/C20H13FN4O5S2/c21-13-3-8-16(9-4-13)32(29,30)24-14-5-1-12(2-6-14)19(26)23-20-22-17-10-7-15(25(27)28)11-18(17)31-20/h1-11,24H,(H,22,23,26). The molecule has 2 N–H and O–H groups in total. The number of thiazole rings is 1. The number of benzene rings is 3. The van der Waals surface area contributed by atoms with Gasteiger partial charge < -0.3 is 0 Å². The van der Waals surface area contributed by atoms with Gasteiger partial charge >= 0.3 is 0 Å². The molecule has 0 aliphatic rings. The Morgan fingerprint density at radius 2 is 1.72 bits per heavy atom. The molecule has 4 rings (SSSR count). The average Bonchev–Trinajstić information content (AvgIpc) is 3.15. The summed E-state index contributed by atoms with van der Waals surface area (Å²) in [5.74, 6) is -1.03. The van der Waals surface area contributed by atoms with Crippen LogP contribution in [0.1, 0.15) is 10.4 Å². The quantitative estimate of drug-likeness (QED) is 0.316. The number of hydrogen-bond donors (Lipinski definition) is 2. The average molecular weight is 472 g/mol. The molecule has 32 heavy (non-hydrogen) atoms. The number of nitro benzene ring substituents is 1. The van der Waals surface area contributed by atoms with Crippen LogP contribution in [-0.2, 0) is 10.0 Å². The Morgan fingerprint density at radius 3 is 2.38 bits per heavy atom. The fourth-order valence-corrected chi connectivity index (χ4v) is 4.72. The van der Waals surface area contributed by atoms with Crippen molar-refractivity contribution >= 4 is 54.0 Å². The van der Waals surface area contributed by atoms with Gasteiger partial charge in [-0.2, -0.15) is 0 Å². The van der Waals surface area contributed by atoms with E-state index in [-0.39, 0.29) is 27.0 Å². The predicted octanol–water partition coefficient (Wildman–Crippen LogP) is 4.40. The van der Waals surface area contributed by atoms with E-state index in [0.29, 0.717) is 10.2 Å². The van der Waals surface area contributed by atoms with Gasteiger partial charge in [0.05, 0.1) is 20.0 Å². The number of non-ortho nitro benzene ring substituents is 1. The number of halogens is 1. The highest BCUT2D eigenvalue weighted by molar-refractivity contribution is 7.92. The zero-order valence-electron chi connectivity index (χ0n) is 16.0. The molecular formula is C20H13FN4O5S2. The van der Waals surface area contributed by atoms with Crippen molar-refractivity contribution in [3.8, 4) is 0 Å². The molecule has 0 spiro atoms. The lowest BCUT2D eigenvalue weighted by Crippen LogP contribution is -2.14. The maximum absolute atomic E-state index is 13.0. The van der Waals surface area contributed by atoms with Crippen LogP contribution in [-0.4, -0.2) is 24.2 Å². The lowest BCUT2D eigenvalue weighted by Gasteiger charge is -2.09. The predicted molar refractivity (Wildman–Crippen MR) is 118 cm³/mol. The van der Waals surface area contributed by atoms with Gasteiger partial charge in [0, 0.05) is 23.4 Å². The van der Waals surface area contributed by atoms with E-state index in [1.54, 1.807) is 0 Å². The van der Waals surface area contributed by atoms with E-state index < -0.39 is 26.7 Å². The van der Waals surface area contributed by atoms with Crippen molar-refractivity contribution in [2.45, 2.75) is 4.90 Å². The minimum absolute atomic E-state index is 0.0716. The van der Waals surface area contributed by atoms with Crippen LogP contribution >= 0.6 is 11.3 Å². The second-order valence-corrected chi connectivity index (χ2v) is 9.23. The fraction of sp³-hybridized carbons (Fsp3) is 0. The molecule has 0 saturated heterocycles. The molecule has 0 bridgehead atoms. The fourth-order valence-electron chi connectivity index (χ4n) is 2.77. The minimum atomic E-state index is -3.91. The molecule has 1 heterocycles. The number of carbonyl (C=O) groups excluding carboxylic acids is 1. The molecule has 0 saturated carbocycles. The van der Waals surface area contributed by atoms with Crippen LogP contribution in [0.4, 0.5) is 20.9 Å². The lowest BCUT2D eigenvalue weighted by molar-refractivity contribution is -0.384. The highest BCUT2D eigenvalue weighted by atomic mass is 32.2. The molecule has 1 amide bonds. The number of amides is 1. The second kappa shape index (κ2) is 8.32. The number of nitrogens with zero attached hydrogens (tertiary/aromatic N) is 2. The highest BCUT2D eigenvalue weighted by Crippen LogP contribution is 2.29. The van der Waals surface area contributed by atoms with Crippen molar-refractivity contribution in [3.05, 3.63) is 88.2 Å². The Bertz CT molecular complexity index is 1440. The minimum Gasteiger partial charge on any atom is -0.298 e. The molecule has 0 aliphatic carbocycles. The van der Waals surface area contributed by atoms with Gasteiger partial charge in [0.2, 0.25) is 0 Å². The van der Waals surface area contributed by atoms with E-state index in [2.05, 4.69) is 15.0 Å². The molecule has 1 aromatic heterocycles. The first kappa shape index (κ1) is 21.3. The van der Waals surface area contributed by atoms with Gasteiger partial charge in [-0.15, -0.1) is 0 Å². The number of fused-ring (bicyclic) bond motifs is 1. The van der Waals surface area contributed by atoms with Crippen LogP contribution in [0, 0.1) is 15.9 Å². The number of rotatable bonds is 6. The van der Waals surface area contributed by atoms with E-state index in [1.165, 1.54) is 42.5 Å². The second-order valence-electron chi connectivity index (χ2n) is 6.52. The Hall–Kier alpha value is -3.90. The number of nitro groups is 1. The van der Waals surface area contributed by atoms with Crippen LogP contribution in [0.3, 0.4) is 0 Å². The van der Waals surface area contributed by atoms with Crippen LogP contribution in [0.2, 0.25) is 0 Å². The zero-order valence-corrected chi connectivity index (χ0v) is 17.6. The summed E-state index contributed by atoms with van der Waals surface area (Å²) in [6.45, 7) is 0. The normalized spacial score (nSPS) is 11.3. The summed E-state index contributed by atoms with van der Waals surface area (Å²) in [6, 6.07) is 14.3. The third-order valence-corrected chi connectivity index (χ3v) is 6.66. The number of carbonyl (C=O) groups is 1. The van der Waals surface area contributed by atoms with Crippen molar-refractivity contribution in [1.29, 1.82) is 0 Å². The van der Waals surface area contributed by atoms with Gasteiger partial charge in [-0.05, 0) is 54.6 Å². The van der Waals surface area contributed by atoms with E-state index in [0.717, 1.165) is 35.6 Å². The maximum Gasteiger partial charge on any atom is 0.270 e. The van der Waals surface area contributed by atoms with E-state index in [9.17, 15) is 27.7 Å². The lowest BCUT2D eigenvalue weighted by atomic mass is 10.2. The summed E-state index contributed by atoms with van der Waals surface area (Å²) in [7, 11) is -3.91. The molecule has 9 nitrogen and oxygen atoms in total. The summed E-state index contributed by atoms with van der Waals surface area (Å²) in [6.07, 6.45) is 0. The smallest absolute Gasteiger partial charge is 0.270 e. The molecular weight excluding hydrogens is 459 g/mol. The van der Waals surface area contributed by atoms with Crippen LogP contribution < -0.4 is 10.0 Å². The van der Waals surface area contributed by atoms with Crippen molar-refractivity contribution in [2.75, 3.05) is 10.0 Å². The molecule has 162 valence electrons. The topological polar surface area (TPSA) is 131 Å². The van der Waals surface area contributed by atoms with E-state index in [1.807, 2.05) is 0 Å². The van der Waals surface area contributed by atoms with Gasteiger partial charge in [-0.3, -0.25) is 24.9 Å². The Morgan fingerprint density at radius 1 is 1.03 bits per heavy atom. The van der Waals surface area contributed by atoms with Crippen molar-refractivity contribution in [3.63, 3.8) is 0 Å². The molecule has 12 heteroatoms. The summed E-state index contributed by atoms with van der Waals surface area (Å²) in [4.78, 5) is 27.0. The van der Waals surface area contributed by atoms with Gasteiger partial charge in [0.15, 0.2) is 5.13 Å². The molecule has 0 aliphatic heterocycles. The Balaban J connectivity index is 1.47. The summed E-state index contributed by atoms with van der Waals surface area (Å²) < 4.78 is 40.6. The SMILES string of the molecule is O=C(Nc1nc2ccc([N+](=O)[O-])cc2s1)c1ccc(NS(=O)(=O)c2ccc(F)cc2)cc1. The zero-order chi connectivity index (χ0) is 22.9. The first-order valence-corrected chi connectivity index (χ1v) is 11.3. The number of nitrogens with one attached hydrogen (secondary N) is 2. The number of hydrogen-bond acceptors (Lipinski definition) is 7. The first-order chi connectivity index (χ1) is 15.2. The molecule has 0 radical (unpaired) electrons. The third-order valence-electron chi connectivity index (χ3n) is 4.33. The van der Waals surface area contributed by atoms with E-state index in [4.69, 9.17) is 0 Å². The maximum atomic E-state index is 13.0. The van der Waals surface area contributed by atoms with E-state index >= 15 is 0 Å². The van der Waals surface area contributed by atoms with Gasteiger partial charge in [-0.25, -0.2) is 17.8 Å². The highest BCUT2D eigenvalue weighted by Gasteiger charge is 2.16. The first-order valence-electron chi connectivity index (χ1n) is 8.96. The number of anilines is 2. The monoisotopic (exact) mass is 472 g/mol. The largest absolute Gasteiger partial charge is 0.298 e. The van der Waals surface area contributed by atoms with Crippen LogP contribution in [0.15, 0.2) is 71.6 Å². The van der Waals surface area contributed by atoms with Gasteiger partial charge in [0.25, 0.3) is 21.6 Å². The molecule has 0 unspecified atom stereocenters. The molecule has 3 aromatic carbocycles. The van der Waals surface area contributed by atoms with Gasteiger partial charge in [0.1, 0.15) is 5.82 Å².